The summed E-state index contributed by atoms with van der Waals surface area (Å²) in [5.74, 6) is 1.66. The monoisotopic (exact) mass is 285 g/mol. The number of nitrogens with two attached hydrogens (primary N) is 1. The van der Waals surface area contributed by atoms with Crippen LogP contribution >= 0.6 is 0 Å². The van der Waals surface area contributed by atoms with E-state index in [0.29, 0.717) is 0 Å². The van der Waals surface area contributed by atoms with E-state index in [1.54, 1.807) is 0 Å². The van der Waals surface area contributed by atoms with Gasteiger partial charge in [0.2, 0.25) is 0 Å². The molecule has 0 radical (unpaired) electrons. The molecule has 3 heteroatoms. The molecule has 1 aliphatic carbocycles. The van der Waals surface area contributed by atoms with Crippen LogP contribution in [0.1, 0.15) is 51.0 Å². The summed E-state index contributed by atoms with van der Waals surface area (Å²) in [6.07, 6.45) is 7.85. The topological polar surface area (TPSA) is 41.6 Å². The Morgan fingerprint density at radius 1 is 1.24 bits per heavy atom. The molecular weight excluding hydrogens is 258 g/mol. The lowest BCUT2D eigenvalue weighted by molar-refractivity contribution is 0.108. The van der Waals surface area contributed by atoms with Crippen LogP contribution in [0, 0.1) is 5.92 Å². The molecule has 2 N–H and O–H groups in total. The number of rotatable bonds is 4. The average Bonchev–Trinajstić information content (AvgIpc) is 2.81. The van der Waals surface area contributed by atoms with Gasteiger partial charge < -0.3 is 10.6 Å². The Labute approximate surface area is 128 Å². The van der Waals surface area contributed by atoms with E-state index < -0.39 is 0 Å². The van der Waals surface area contributed by atoms with Crippen LogP contribution in [0.5, 0.6) is 0 Å². The second kappa shape index (κ2) is 6.08. The number of aliphatic imine (C=N–C) groups is 1. The highest BCUT2D eigenvalue weighted by atomic mass is 15.4. The van der Waals surface area contributed by atoms with Gasteiger partial charge in [0.1, 0.15) is 0 Å². The fourth-order valence-corrected chi connectivity index (χ4v) is 4.00. The SMILES string of the molecule is CCCC1CCC2(CC1)CN=C(N)N2Cc1ccccc1. The zero-order valence-corrected chi connectivity index (χ0v) is 13.1. The third-order valence-corrected chi connectivity index (χ3v) is 5.30. The molecule has 1 saturated carbocycles. The van der Waals surface area contributed by atoms with Gasteiger partial charge in [-0.3, -0.25) is 4.99 Å². The maximum absolute atomic E-state index is 6.20. The standard InChI is InChI=1S/C18H27N3/c1-2-6-15-9-11-18(12-10-15)14-20-17(19)21(18)13-16-7-4-3-5-8-16/h3-5,7-8,15H,2,6,9-14H2,1H3,(H2,19,20). The zero-order valence-electron chi connectivity index (χ0n) is 13.1. The fourth-order valence-electron chi connectivity index (χ4n) is 4.00. The van der Waals surface area contributed by atoms with Gasteiger partial charge in [-0.2, -0.15) is 0 Å². The molecule has 2 aliphatic rings. The second-order valence-electron chi connectivity index (χ2n) is 6.70. The third kappa shape index (κ3) is 2.92. The molecule has 0 atom stereocenters. The summed E-state index contributed by atoms with van der Waals surface area (Å²) >= 11 is 0. The van der Waals surface area contributed by atoms with E-state index in [-0.39, 0.29) is 5.54 Å². The Hall–Kier alpha value is -1.51. The average molecular weight is 285 g/mol. The molecule has 1 aromatic carbocycles. The smallest absolute Gasteiger partial charge is 0.192 e. The van der Waals surface area contributed by atoms with Crippen molar-refractivity contribution in [1.29, 1.82) is 0 Å². The summed E-state index contributed by atoms with van der Waals surface area (Å²) in [6, 6.07) is 10.6. The molecule has 0 bridgehead atoms. The molecule has 114 valence electrons. The second-order valence-corrected chi connectivity index (χ2v) is 6.70. The minimum absolute atomic E-state index is 0.199. The number of hydrogen-bond donors (Lipinski definition) is 1. The molecule has 21 heavy (non-hydrogen) atoms. The van der Waals surface area contributed by atoms with E-state index in [1.165, 1.54) is 44.1 Å². The van der Waals surface area contributed by atoms with Crippen LogP contribution in [0.25, 0.3) is 0 Å². The van der Waals surface area contributed by atoms with Crippen molar-refractivity contribution in [1.82, 2.24) is 4.90 Å². The molecule has 0 amide bonds. The van der Waals surface area contributed by atoms with Crippen LogP contribution in [0.2, 0.25) is 0 Å². The lowest BCUT2D eigenvalue weighted by atomic mass is 9.74. The van der Waals surface area contributed by atoms with Crippen LogP contribution in [0.3, 0.4) is 0 Å². The van der Waals surface area contributed by atoms with Crippen molar-refractivity contribution in [2.24, 2.45) is 16.6 Å². The first kappa shape index (κ1) is 14.4. The van der Waals surface area contributed by atoms with E-state index in [0.717, 1.165) is 25.0 Å². The van der Waals surface area contributed by atoms with Crippen molar-refractivity contribution in [3.8, 4) is 0 Å². The van der Waals surface area contributed by atoms with Crippen LogP contribution in [0.15, 0.2) is 35.3 Å². The minimum atomic E-state index is 0.199. The molecular formula is C18H27N3. The van der Waals surface area contributed by atoms with E-state index >= 15 is 0 Å². The highest BCUT2D eigenvalue weighted by molar-refractivity contribution is 5.81. The van der Waals surface area contributed by atoms with Gasteiger partial charge in [0.25, 0.3) is 0 Å². The molecule has 1 spiro atoms. The van der Waals surface area contributed by atoms with E-state index in [4.69, 9.17) is 5.73 Å². The number of benzene rings is 1. The molecule has 1 aliphatic heterocycles. The molecule has 0 unspecified atom stereocenters. The molecule has 3 rings (SSSR count). The number of hydrogen-bond acceptors (Lipinski definition) is 3. The predicted molar refractivity (Wildman–Crippen MR) is 88.1 cm³/mol. The van der Waals surface area contributed by atoms with E-state index in [9.17, 15) is 0 Å². The maximum Gasteiger partial charge on any atom is 0.192 e. The lowest BCUT2D eigenvalue weighted by Gasteiger charge is -2.44. The van der Waals surface area contributed by atoms with Gasteiger partial charge in [-0.25, -0.2) is 0 Å². The summed E-state index contributed by atoms with van der Waals surface area (Å²) in [5, 5.41) is 0. The minimum Gasteiger partial charge on any atom is -0.370 e. The molecule has 1 fully saturated rings. The van der Waals surface area contributed by atoms with Crippen molar-refractivity contribution in [3.05, 3.63) is 35.9 Å². The largest absolute Gasteiger partial charge is 0.370 e. The summed E-state index contributed by atoms with van der Waals surface area (Å²) in [4.78, 5) is 6.96. The number of guanidine groups is 1. The highest BCUT2D eigenvalue weighted by Crippen LogP contribution is 2.41. The Bertz CT molecular complexity index is 486. The van der Waals surface area contributed by atoms with Crippen molar-refractivity contribution < 1.29 is 0 Å². The summed E-state index contributed by atoms with van der Waals surface area (Å²) in [5.41, 5.74) is 7.73. The maximum atomic E-state index is 6.20. The van der Waals surface area contributed by atoms with Crippen molar-refractivity contribution in [2.75, 3.05) is 6.54 Å². The zero-order chi connectivity index (χ0) is 14.7. The van der Waals surface area contributed by atoms with Crippen molar-refractivity contribution in [2.45, 2.75) is 57.5 Å². The Morgan fingerprint density at radius 3 is 2.62 bits per heavy atom. The molecule has 1 heterocycles. The van der Waals surface area contributed by atoms with Gasteiger partial charge >= 0.3 is 0 Å². The predicted octanol–water partition coefficient (Wildman–Crippen LogP) is 3.55. The molecule has 0 aromatic heterocycles. The first-order valence-corrected chi connectivity index (χ1v) is 8.35. The number of nitrogens with zero attached hydrogens (tertiary/aromatic N) is 2. The van der Waals surface area contributed by atoms with Crippen LogP contribution in [0.4, 0.5) is 0 Å². The van der Waals surface area contributed by atoms with Crippen LogP contribution in [-0.2, 0) is 6.54 Å². The third-order valence-electron chi connectivity index (χ3n) is 5.30. The molecule has 1 aromatic rings. The van der Waals surface area contributed by atoms with Gasteiger partial charge in [0, 0.05) is 6.54 Å². The van der Waals surface area contributed by atoms with E-state index in [2.05, 4.69) is 47.1 Å². The lowest BCUT2D eigenvalue weighted by Crippen LogP contribution is -2.52. The first-order chi connectivity index (χ1) is 10.2. The first-order valence-electron chi connectivity index (χ1n) is 8.35. The normalized spacial score (nSPS) is 28.9. The fraction of sp³-hybridized carbons (Fsp3) is 0.611. The highest BCUT2D eigenvalue weighted by Gasteiger charge is 2.44. The Morgan fingerprint density at radius 2 is 1.95 bits per heavy atom. The summed E-state index contributed by atoms with van der Waals surface area (Å²) in [6.45, 7) is 4.09. The van der Waals surface area contributed by atoms with Crippen molar-refractivity contribution in [3.63, 3.8) is 0 Å². The van der Waals surface area contributed by atoms with Crippen LogP contribution < -0.4 is 5.73 Å². The van der Waals surface area contributed by atoms with Gasteiger partial charge in [-0.1, -0.05) is 50.1 Å². The van der Waals surface area contributed by atoms with Gasteiger partial charge in [0.15, 0.2) is 5.96 Å². The van der Waals surface area contributed by atoms with Crippen LogP contribution in [-0.4, -0.2) is 22.9 Å². The van der Waals surface area contributed by atoms with Crippen molar-refractivity contribution >= 4 is 5.96 Å². The summed E-state index contributed by atoms with van der Waals surface area (Å²) in [7, 11) is 0. The Balaban J connectivity index is 1.71. The molecule has 3 nitrogen and oxygen atoms in total. The van der Waals surface area contributed by atoms with Gasteiger partial charge in [-0.05, 0) is 37.2 Å². The quantitative estimate of drug-likeness (QED) is 0.919. The van der Waals surface area contributed by atoms with Gasteiger partial charge in [0.05, 0.1) is 12.1 Å². The molecule has 0 saturated heterocycles. The Kier molecular flexibility index (Phi) is 4.18. The summed E-state index contributed by atoms with van der Waals surface area (Å²) < 4.78 is 0. The van der Waals surface area contributed by atoms with Gasteiger partial charge in [-0.15, -0.1) is 0 Å². The van der Waals surface area contributed by atoms with E-state index in [1.807, 2.05) is 0 Å².